The Bertz CT molecular complexity index is 330. The van der Waals surface area contributed by atoms with Crippen LogP contribution >= 0.6 is 24.0 Å². The Labute approximate surface area is 158 Å². The van der Waals surface area contributed by atoms with Gasteiger partial charge in [-0.25, -0.2) is 0 Å². The summed E-state index contributed by atoms with van der Waals surface area (Å²) in [5, 5.41) is 3.52. The average Bonchev–Trinajstić information content (AvgIpc) is 3.37. The molecule has 0 bridgehead atoms. The zero-order chi connectivity index (χ0) is 15.6. The summed E-state index contributed by atoms with van der Waals surface area (Å²) in [5.74, 6) is 2.09. The molecule has 2 fully saturated rings. The highest BCUT2D eigenvalue weighted by Crippen LogP contribution is 2.33. The van der Waals surface area contributed by atoms with Crippen LogP contribution in [0.2, 0.25) is 0 Å². The number of methoxy groups -OCH3 is 1. The second-order valence-corrected chi connectivity index (χ2v) is 6.46. The Kier molecular flexibility index (Phi) is 11.2. The van der Waals surface area contributed by atoms with Crippen LogP contribution in [0.1, 0.15) is 44.9 Å². The lowest BCUT2D eigenvalue weighted by Crippen LogP contribution is -2.47. The topological polar surface area (TPSA) is 46.1 Å². The van der Waals surface area contributed by atoms with Crippen molar-refractivity contribution in [1.82, 2.24) is 10.2 Å². The van der Waals surface area contributed by atoms with Crippen molar-refractivity contribution < 1.29 is 9.47 Å². The molecule has 0 radical (unpaired) electrons. The highest BCUT2D eigenvalue weighted by molar-refractivity contribution is 14.0. The molecule has 0 atom stereocenters. The number of aliphatic imine (C=N–C) groups is 1. The normalized spacial score (nSPS) is 19.6. The average molecular weight is 439 g/mol. The zero-order valence-electron chi connectivity index (χ0n) is 14.8. The van der Waals surface area contributed by atoms with Crippen LogP contribution in [-0.4, -0.2) is 64.0 Å². The maximum absolute atomic E-state index is 5.91. The first-order chi connectivity index (χ1) is 10.8. The number of nitrogens with one attached hydrogen (secondary N) is 1. The van der Waals surface area contributed by atoms with E-state index in [1.165, 1.54) is 25.7 Å². The lowest BCUT2D eigenvalue weighted by Gasteiger charge is -2.34. The van der Waals surface area contributed by atoms with Gasteiger partial charge < -0.3 is 19.7 Å². The van der Waals surface area contributed by atoms with Crippen LogP contribution in [0, 0.1) is 5.92 Å². The van der Waals surface area contributed by atoms with E-state index in [1.54, 1.807) is 7.11 Å². The van der Waals surface area contributed by atoms with Gasteiger partial charge in [0, 0.05) is 47.0 Å². The first-order valence-electron chi connectivity index (χ1n) is 8.89. The molecule has 1 saturated carbocycles. The molecule has 5 nitrogen and oxygen atoms in total. The Morgan fingerprint density at radius 3 is 2.48 bits per heavy atom. The van der Waals surface area contributed by atoms with Crippen molar-refractivity contribution in [2.24, 2.45) is 10.9 Å². The molecule has 0 aromatic carbocycles. The molecular weight excluding hydrogens is 405 g/mol. The Balaban J connectivity index is 0.00000264. The van der Waals surface area contributed by atoms with Crippen LogP contribution in [0.4, 0.5) is 0 Å². The van der Waals surface area contributed by atoms with Gasteiger partial charge in [-0.2, -0.15) is 0 Å². The molecule has 0 unspecified atom stereocenters. The van der Waals surface area contributed by atoms with E-state index in [-0.39, 0.29) is 24.0 Å². The van der Waals surface area contributed by atoms with Crippen LogP contribution in [0.5, 0.6) is 0 Å². The molecule has 0 aromatic rings. The van der Waals surface area contributed by atoms with Crippen molar-refractivity contribution >= 4 is 29.9 Å². The number of rotatable bonds is 9. The summed E-state index contributed by atoms with van der Waals surface area (Å²) in [6.07, 6.45) is 9.12. The Morgan fingerprint density at radius 2 is 1.87 bits per heavy atom. The number of hydrogen-bond acceptors (Lipinski definition) is 3. The van der Waals surface area contributed by atoms with E-state index in [0.29, 0.717) is 6.10 Å². The summed E-state index contributed by atoms with van der Waals surface area (Å²) in [7, 11) is 3.62. The van der Waals surface area contributed by atoms with Crippen LogP contribution in [-0.2, 0) is 9.47 Å². The van der Waals surface area contributed by atoms with Gasteiger partial charge in [-0.05, 0) is 38.0 Å². The van der Waals surface area contributed by atoms with Gasteiger partial charge in [0.25, 0.3) is 0 Å². The monoisotopic (exact) mass is 439 g/mol. The van der Waals surface area contributed by atoms with Crippen LogP contribution in [0.3, 0.4) is 0 Å². The third-order valence-electron chi connectivity index (χ3n) is 4.57. The third kappa shape index (κ3) is 8.54. The Morgan fingerprint density at radius 1 is 1.13 bits per heavy atom. The van der Waals surface area contributed by atoms with Crippen LogP contribution in [0.25, 0.3) is 0 Å². The summed E-state index contributed by atoms with van der Waals surface area (Å²) in [5.41, 5.74) is 0. The van der Waals surface area contributed by atoms with Gasteiger partial charge in [0.15, 0.2) is 5.96 Å². The molecule has 6 heteroatoms. The van der Waals surface area contributed by atoms with Gasteiger partial charge >= 0.3 is 0 Å². The Hall–Kier alpha value is -0.0800. The quantitative estimate of drug-likeness (QED) is 0.260. The fourth-order valence-corrected chi connectivity index (χ4v) is 3.02. The van der Waals surface area contributed by atoms with Crippen molar-refractivity contribution in [2.45, 2.75) is 51.0 Å². The molecule has 136 valence electrons. The second kappa shape index (κ2) is 12.3. The maximum atomic E-state index is 5.91. The molecular formula is C17H34IN3O2. The SMILES string of the molecule is CN=C(NCCCC1CC1)N1CCC(OCCCOC)CC1.I. The molecule has 1 N–H and O–H groups in total. The van der Waals surface area contributed by atoms with Crippen LogP contribution in [0.15, 0.2) is 4.99 Å². The predicted molar refractivity (Wildman–Crippen MR) is 106 cm³/mol. The van der Waals surface area contributed by atoms with Crippen molar-refractivity contribution in [1.29, 1.82) is 0 Å². The second-order valence-electron chi connectivity index (χ2n) is 6.46. The molecule has 1 heterocycles. The van der Waals surface area contributed by atoms with Crippen molar-refractivity contribution in [3.63, 3.8) is 0 Å². The number of hydrogen-bond donors (Lipinski definition) is 1. The molecule has 2 rings (SSSR count). The predicted octanol–water partition coefficient (Wildman–Crippen LogP) is 2.89. The highest BCUT2D eigenvalue weighted by Gasteiger charge is 2.22. The van der Waals surface area contributed by atoms with E-state index >= 15 is 0 Å². The number of nitrogens with zero attached hydrogens (tertiary/aromatic N) is 2. The molecule has 2 aliphatic rings. The summed E-state index contributed by atoms with van der Waals surface area (Å²) in [6.45, 7) is 4.73. The largest absolute Gasteiger partial charge is 0.385 e. The minimum absolute atomic E-state index is 0. The van der Waals surface area contributed by atoms with Gasteiger partial charge in [-0.3, -0.25) is 4.99 Å². The molecule has 0 amide bonds. The lowest BCUT2D eigenvalue weighted by molar-refractivity contribution is 0.00991. The summed E-state index contributed by atoms with van der Waals surface area (Å²) in [6, 6.07) is 0. The van der Waals surface area contributed by atoms with E-state index in [9.17, 15) is 0 Å². The minimum atomic E-state index is 0. The van der Waals surface area contributed by atoms with E-state index in [2.05, 4.69) is 15.2 Å². The fourth-order valence-electron chi connectivity index (χ4n) is 3.02. The summed E-state index contributed by atoms with van der Waals surface area (Å²) < 4.78 is 11.0. The summed E-state index contributed by atoms with van der Waals surface area (Å²) >= 11 is 0. The van der Waals surface area contributed by atoms with Gasteiger partial charge in [0.2, 0.25) is 0 Å². The van der Waals surface area contributed by atoms with Gasteiger partial charge in [-0.15, -0.1) is 24.0 Å². The molecule has 23 heavy (non-hydrogen) atoms. The third-order valence-corrected chi connectivity index (χ3v) is 4.57. The van der Waals surface area contributed by atoms with Gasteiger partial charge in [-0.1, -0.05) is 12.8 Å². The minimum Gasteiger partial charge on any atom is -0.385 e. The first-order valence-corrected chi connectivity index (χ1v) is 8.89. The molecule has 1 aliphatic carbocycles. The number of guanidine groups is 1. The maximum Gasteiger partial charge on any atom is 0.193 e. The molecule has 1 saturated heterocycles. The van der Waals surface area contributed by atoms with Crippen molar-refractivity contribution in [3.05, 3.63) is 0 Å². The van der Waals surface area contributed by atoms with E-state index < -0.39 is 0 Å². The van der Waals surface area contributed by atoms with E-state index in [1.807, 2.05) is 7.05 Å². The number of piperidine rings is 1. The smallest absolute Gasteiger partial charge is 0.193 e. The number of likely N-dealkylation sites (tertiary alicyclic amines) is 1. The van der Waals surface area contributed by atoms with E-state index in [4.69, 9.17) is 9.47 Å². The molecule has 1 aliphatic heterocycles. The van der Waals surface area contributed by atoms with Crippen molar-refractivity contribution in [3.8, 4) is 0 Å². The summed E-state index contributed by atoms with van der Waals surface area (Å²) in [4.78, 5) is 6.80. The lowest BCUT2D eigenvalue weighted by atomic mass is 10.1. The zero-order valence-corrected chi connectivity index (χ0v) is 17.1. The van der Waals surface area contributed by atoms with Gasteiger partial charge in [0.05, 0.1) is 6.10 Å². The fraction of sp³-hybridized carbons (Fsp3) is 0.941. The standard InChI is InChI=1S/C17H33N3O2.HI/c1-18-17(19-10-3-5-15-6-7-15)20-11-8-16(9-12-20)22-14-4-13-21-2;/h15-16H,3-14H2,1-2H3,(H,18,19);1H. The molecule has 0 aromatic heterocycles. The number of ether oxygens (including phenoxy) is 2. The highest BCUT2D eigenvalue weighted by atomic mass is 127. The van der Waals surface area contributed by atoms with Crippen molar-refractivity contribution in [2.75, 3.05) is 47.0 Å². The van der Waals surface area contributed by atoms with Gasteiger partial charge in [0.1, 0.15) is 0 Å². The van der Waals surface area contributed by atoms with Crippen LogP contribution < -0.4 is 5.32 Å². The van der Waals surface area contributed by atoms with E-state index in [0.717, 1.165) is 64.0 Å². The molecule has 0 spiro atoms. The first kappa shape index (κ1) is 21.0. The number of halogens is 1.